The maximum atomic E-state index is 5.18. The van der Waals surface area contributed by atoms with Gasteiger partial charge in [-0.2, -0.15) is 0 Å². The molecule has 4 aliphatic carbocycles. The summed E-state index contributed by atoms with van der Waals surface area (Å²) < 4.78 is 10.4. The molecule has 0 N–H and O–H groups in total. The Morgan fingerprint density at radius 3 is 1.05 bits per heavy atom. The van der Waals surface area contributed by atoms with Crippen molar-refractivity contribution in [3.05, 3.63) is 0 Å². The predicted molar refractivity (Wildman–Crippen MR) is 82.5 cm³/mol. The molecule has 4 rings (SSSR count). The lowest BCUT2D eigenvalue weighted by Crippen LogP contribution is -2.38. The molecule has 0 aromatic rings. The van der Waals surface area contributed by atoms with E-state index < -0.39 is 9.28 Å². The Morgan fingerprint density at radius 1 is 0.684 bits per heavy atom. The van der Waals surface area contributed by atoms with Gasteiger partial charge >= 0.3 is 9.28 Å². The third-order valence-electron chi connectivity index (χ3n) is 5.14. The molecule has 2 nitrogen and oxygen atoms in total. The van der Waals surface area contributed by atoms with Gasteiger partial charge in [0.05, 0.1) is 0 Å². The van der Waals surface area contributed by atoms with Crippen LogP contribution in [0.2, 0.25) is 5.04 Å². The van der Waals surface area contributed by atoms with E-state index in [2.05, 4.69) is 20.8 Å². The maximum Gasteiger partial charge on any atom is 0.326 e. The van der Waals surface area contributed by atoms with E-state index in [-0.39, 0.29) is 5.04 Å². The van der Waals surface area contributed by atoms with E-state index in [0.29, 0.717) is 0 Å². The average molecular weight is 285 g/mol. The molecule has 4 aliphatic rings. The summed E-state index contributed by atoms with van der Waals surface area (Å²) in [4.78, 5) is 0. The smallest absolute Gasteiger partial charge is 0.326 e. The number of hydrogen-bond donors (Lipinski definition) is 0. The maximum absolute atomic E-state index is 5.18. The first kappa shape index (κ1) is 15.5. The van der Waals surface area contributed by atoms with E-state index in [0.717, 1.165) is 0 Å². The van der Waals surface area contributed by atoms with Crippen LogP contribution in [0.4, 0.5) is 0 Å². The van der Waals surface area contributed by atoms with Crippen molar-refractivity contribution in [1.82, 2.24) is 0 Å². The highest BCUT2D eigenvalue weighted by Crippen LogP contribution is 2.53. The Bertz CT molecular complexity index is 224. The molecule has 0 aromatic carbocycles. The quantitative estimate of drug-likeness (QED) is 0.710. The van der Waals surface area contributed by atoms with Crippen molar-refractivity contribution in [2.45, 2.75) is 64.3 Å². The van der Waals surface area contributed by atoms with Crippen LogP contribution in [0.1, 0.15) is 59.3 Å². The first-order valence-corrected chi connectivity index (χ1v) is 9.50. The molecule has 19 heavy (non-hydrogen) atoms. The molecule has 3 heteroatoms. The van der Waals surface area contributed by atoms with Gasteiger partial charge in [0.2, 0.25) is 0 Å². The second-order valence-corrected chi connectivity index (χ2v) is 11.4. The zero-order valence-electron chi connectivity index (χ0n) is 13.4. The van der Waals surface area contributed by atoms with Gasteiger partial charge in [-0.15, -0.1) is 0 Å². The molecule has 0 spiro atoms. The molecular formula is C16H32O2Si. The summed E-state index contributed by atoms with van der Waals surface area (Å²) >= 11 is 0. The largest absolute Gasteiger partial charge is 0.400 e. The minimum Gasteiger partial charge on any atom is -0.400 e. The molecule has 4 bridgehead atoms. The molecule has 0 atom stereocenters. The lowest BCUT2D eigenvalue weighted by atomic mass is 9.56. The van der Waals surface area contributed by atoms with Crippen molar-refractivity contribution in [1.29, 1.82) is 0 Å². The Kier molecular flexibility index (Phi) is 5.13. The molecular weight excluding hydrogens is 252 g/mol. The van der Waals surface area contributed by atoms with Crippen LogP contribution < -0.4 is 0 Å². The van der Waals surface area contributed by atoms with Gasteiger partial charge in [-0.1, -0.05) is 20.8 Å². The first-order chi connectivity index (χ1) is 8.92. The summed E-state index contributed by atoms with van der Waals surface area (Å²) in [6.45, 7) is 6.41. The van der Waals surface area contributed by atoms with Gasteiger partial charge in [-0.3, -0.25) is 0 Å². The monoisotopic (exact) mass is 284 g/mol. The topological polar surface area (TPSA) is 18.5 Å². The molecule has 0 aromatic heterocycles. The van der Waals surface area contributed by atoms with Crippen LogP contribution in [-0.2, 0) is 8.85 Å². The molecule has 0 unspecified atom stereocenters. The van der Waals surface area contributed by atoms with E-state index >= 15 is 0 Å². The highest BCUT2D eigenvalue weighted by Gasteiger charge is 2.41. The van der Waals surface area contributed by atoms with Crippen molar-refractivity contribution in [2.24, 2.45) is 23.7 Å². The molecule has 0 aliphatic heterocycles. The van der Waals surface area contributed by atoms with Gasteiger partial charge < -0.3 is 8.85 Å². The fourth-order valence-electron chi connectivity index (χ4n) is 4.79. The molecule has 4 fully saturated rings. The third-order valence-corrected chi connectivity index (χ3v) is 7.41. The van der Waals surface area contributed by atoms with Crippen molar-refractivity contribution < 1.29 is 8.85 Å². The molecule has 112 valence electrons. The van der Waals surface area contributed by atoms with Crippen LogP contribution in [0.5, 0.6) is 0 Å². The summed E-state index contributed by atoms with van der Waals surface area (Å²) in [5.74, 6) is 4.71. The van der Waals surface area contributed by atoms with Crippen molar-refractivity contribution >= 4 is 9.28 Å². The van der Waals surface area contributed by atoms with Crippen LogP contribution in [0.15, 0.2) is 0 Å². The van der Waals surface area contributed by atoms with Crippen LogP contribution >= 0.6 is 0 Å². The normalized spacial score (nSPS) is 36.3. The fraction of sp³-hybridized carbons (Fsp3) is 1.00. The summed E-state index contributed by atoms with van der Waals surface area (Å²) in [6, 6.07) is 0. The molecule has 4 saturated carbocycles. The van der Waals surface area contributed by atoms with Crippen LogP contribution in [0, 0.1) is 23.7 Å². The van der Waals surface area contributed by atoms with Crippen LogP contribution in [-0.4, -0.2) is 23.5 Å². The number of hydrogen-bond acceptors (Lipinski definition) is 2. The van der Waals surface area contributed by atoms with E-state index in [4.69, 9.17) is 8.85 Å². The summed E-state index contributed by atoms with van der Waals surface area (Å²) in [7, 11) is 2.05. The summed E-state index contributed by atoms with van der Waals surface area (Å²) in [5.41, 5.74) is 0. The zero-order chi connectivity index (χ0) is 14.0. The lowest BCUT2D eigenvalue weighted by molar-refractivity contribution is 0.0198. The third kappa shape index (κ3) is 4.05. The molecule has 0 heterocycles. The van der Waals surface area contributed by atoms with E-state index in [9.17, 15) is 0 Å². The van der Waals surface area contributed by atoms with Gasteiger partial charge in [0, 0.05) is 19.3 Å². The van der Waals surface area contributed by atoms with Gasteiger partial charge in [0.15, 0.2) is 0 Å². The molecule has 0 amide bonds. The second kappa shape index (κ2) is 6.27. The average Bonchev–Trinajstić information content (AvgIpc) is 2.27. The SMILES string of the molecule is C1C2CC3CC1CC(C2)C3.CO[SiH](OC)C(C)(C)C. The lowest BCUT2D eigenvalue weighted by Gasteiger charge is -2.49. The Hall–Kier alpha value is 0.137. The Labute approximate surface area is 121 Å². The van der Waals surface area contributed by atoms with E-state index in [1.54, 1.807) is 52.7 Å². The van der Waals surface area contributed by atoms with E-state index in [1.165, 1.54) is 23.7 Å². The Balaban J connectivity index is 0.000000142. The summed E-state index contributed by atoms with van der Waals surface area (Å²) in [6.07, 6.45) is 9.62. The predicted octanol–water partition coefficient (Wildman–Crippen LogP) is 4.13. The van der Waals surface area contributed by atoms with Crippen molar-refractivity contribution in [2.75, 3.05) is 14.2 Å². The standard InChI is InChI=1S/C10H16.C6H16O2Si/c1-7-2-9-4-8(1)5-10(3-7)6-9;1-6(2,3)9(7-4)8-5/h7-10H,1-6H2;9H,1-5H3. The highest BCUT2D eigenvalue weighted by molar-refractivity contribution is 6.48. The van der Waals surface area contributed by atoms with Gasteiger partial charge in [-0.05, 0) is 62.2 Å². The first-order valence-electron chi connectivity index (χ1n) is 7.98. The van der Waals surface area contributed by atoms with E-state index in [1.807, 2.05) is 0 Å². The van der Waals surface area contributed by atoms with Crippen molar-refractivity contribution in [3.63, 3.8) is 0 Å². The minimum absolute atomic E-state index is 0.212. The minimum atomic E-state index is -1.38. The highest BCUT2D eigenvalue weighted by atomic mass is 28.3. The fourth-order valence-corrected chi connectivity index (χ4v) is 6.39. The van der Waals surface area contributed by atoms with Crippen molar-refractivity contribution in [3.8, 4) is 0 Å². The van der Waals surface area contributed by atoms with Gasteiger partial charge in [0.25, 0.3) is 0 Å². The zero-order valence-corrected chi connectivity index (χ0v) is 14.6. The molecule has 0 radical (unpaired) electrons. The van der Waals surface area contributed by atoms with Gasteiger partial charge in [-0.25, -0.2) is 0 Å². The van der Waals surface area contributed by atoms with Crippen LogP contribution in [0.25, 0.3) is 0 Å². The van der Waals surface area contributed by atoms with Crippen LogP contribution in [0.3, 0.4) is 0 Å². The summed E-state index contributed by atoms with van der Waals surface area (Å²) in [5, 5.41) is 0.212. The van der Waals surface area contributed by atoms with Gasteiger partial charge in [0.1, 0.15) is 0 Å². The Morgan fingerprint density at radius 2 is 0.947 bits per heavy atom. The second-order valence-electron chi connectivity index (χ2n) is 8.05. The molecule has 0 saturated heterocycles. The number of rotatable bonds is 2.